The van der Waals surface area contributed by atoms with E-state index in [1.165, 1.54) is 38.6 Å². The van der Waals surface area contributed by atoms with Crippen LogP contribution >= 0.6 is 0 Å². The highest BCUT2D eigenvalue weighted by Gasteiger charge is 2.38. The van der Waals surface area contributed by atoms with E-state index in [1.807, 2.05) is 60.7 Å². The molecule has 10 rings (SSSR count). The molecule has 0 fully saturated rings. The van der Waals surface area contributed by atoms with Crippen molar-refractivity contribution in [3.8, 4) is 34.4 Å². The molecule has 0 saturated heterocycles. The second kappa shape index (κ2) is 14.2. The van der Waals surface area contributed by atoms with E-state index < -0.39 is 0 Å². The van der Waals surface area contributed by atoms with Gasteiger partial charge in [0.1, 0.15) is 0 Å². The number of hydrogen-bond acceptors (Lipinski definition) is 4. The summed E-state index contributed by atoms with van der Waals surface area (Å²) in [4.78, 5) is 4.58. The summed E-state index contributed by atoms with van der Waals surface area (Å²) in [6.45, 7) is 4.69. The lowest BCUT2D eigenvalue weighted by atomic mass is 9.81. The van der Waals surface area contributed by atoms with Crippen LogP contribution in [0.1, 0.15) is 36.1 Å². The third-order valence-corrected chi connectivity index (χ3v) is 11.9. The minimum absolute atomic E-state index is 0.305. The molecule has 0 atom stereocenters. The minimum atomic E-state index is -0.305. The van der Waals surface area contributed by atoms with Gasteiger partial charge in [-0.15, -0.1) is 0 Å². The quantitative estimate of drug-likeness (QED) is 0.163. The van der Waals surface area contributed by atoms with Gasteiger partial charge in [0.15, 0.2) is 0 Å². The van der Waals surface area contributed by atoms with Gasteiger partial charge in [-0.2, -0.15) is 10.5 Å². The summed E-state index contributed by atoms with van der Waals surface area (Å²) in [5.41, 5.74) is 14.6. The van der Waals surface area contributed by atoms with E-state index in [9.17, 15) is 10.5 Å². The molecule has 0 bridgehead atoms. The van der Waals surface area contributed by atoms with Crippen molar-refractivity contribution in [1.29, 1.82) is 10.5 Å². The number of nitriles is 2. The lowest BCUT2D eigenvalue weighted by Gasteiger charge is -2.30. The maximum absolute atomic E-state index is 9.60. The van der Waals surface area contributed by atoms with Gasteiger partial charge in [-0.1, -0.05) is 105 Å². The first kappa shape index (κ1) is 35.5. The topological polar surface area (TPSA) is 54.1 Å². The fourth-order valence-corrected chi connectivity index (χ4v) is 8.87. The number of anilines is 6. The maximum Gasteiger partial charge on any atom is 0.0991 e. The summed E-state index contributed by atoms with van der Waals surface area (Å²) in [7, 11) is 0. The third-order valence-electron chi connectivity index (χ3n) is 11.9. The fraction of sp³-hybridized carbons (Fsp3) is 0.0545. The van der Waals surface area contributed by atoms with Crippen LogP contribution in [0.2, 0.25) is 0 Å². The summed E-state index contributed by atoms with van der Waals surface area (Å²) in [5.74, 6) is 0. The fourth-order valence-electron chi connectivity index (χ4n) is 8.87. The predicted molar refractivity (Wildman–Crippen MR) is 243 cm³/mol. The average molecular weight is 755 g/mol. The molecule has 0 spiro atoms. The first-order valence-corrected chi connectivity index (χ1v) is 19.9. The van der Waals surface area contributed by atoms with Gasteiger partial charge < -0.3 is 9.80 Å². The first-order valence-electron chi connectivity index (χ1n) is 19.9. The largest absolute Gasteiger partial charge is 0.310 e. The van der Waals surface area contributed by atoms with E-state index in [0.717, 1.165) is 50.5 Å². The van der Waals surface area contributed by atoms with Crippen LogP contribution in [0.3, 0.4) is 0 Å². The molecule has 0 aromatic heterocycles. The van der Waals surface area contributed by atoms with Gasteiger partial charge in [0, 0.05) is 39.2 Å². The number of benzene rings is 9. The predicted octanol–water partition coefficient (Wildman–Crippen LogP) is 14.6. The number of nitrogens with zero attached hydrogens (tertiary/aromatic N) is 4. The highest BCUT2D eigenvalue weighted by molar-refractivity contribution is 6.11. The first-order chi connectivity index (χ1) is 28.9. The van der Waals surface area contributed by atoms with Crippen molar-refractivity contribution in [3.05, 3.63) is 216 Å². The maximum atomic E-state index is 9.60. The van der Waals surface area contributed by atoms with Crippen LogP contribution in [0.5, 0.6) is 0 Å². The van der Waals surface area contributed by atoms with Crippen molar-refractivity contribution < 1.29 is 0 Å². The zero-order valence-corrected chi connectivity index (χ0v) is 32.8. The van der Waals surface area contributed by atoms with Crippen molar-refractivity contribution in [2.75, 3.05) is 9.80 Å². The number of rotatable bonds is 7. The smallest absolute Gasteiger partial charge is 0.0991 e. The molecule has 9 aromatic rings. The van der Waals surface area contributed by atoms with Gasteiger partial charge in [-0.25, -0.2) is 0 Å². The minimum Gasteiger partial charge on any atom is -0.310 e. The molecule has 1 aliphatic carbocycles. The molecule has 278 valence electrons. The van der Waals surface area contributed by atoms with Gasteiger partial charge in [-0.3, -0.25) is 0 Å². The van der Waals surface area contributed by atoms with Crippen LogP contribution in [0.15, 0.2) is 194 Å². The summed E-state index contributed by atoms with van der Waals surface area (Å²) in [6, 6.07) is 72.5. The summed E-state index contributed by atoms with van der Waals surface area (Å²) >= 11 is 0. The Bertz CT molecular complexity index is 3120. The van der Waals surface area contributed by atoms with Crippen LogP contribution < -0.4 is 9.80 Å². The molecule has 0 heterocycles. The SMILES string of the molecule is CC1(C)c2cc3cc(N(c4ccc(C#N)cc4)c4ccc(-c5ccccc5)cc4)ccc3cc2-c2c1cc(N(c1ccccc1)c1ccc(C#N)cc1)c1ccccc21. The highest BCUT2D eigenvalue weighted by atomic mass is 15.1. The van der Waals surface area contributed by atoms with Crippen LogP contribution in [-0.2, 0) is 5.41 Å². The van der Waals surface area contributed by atoms with Crippen LogP contribution in [-0.4, -0.2) is 0 Å². The summed E-state index contributed by atoms with van der Waals surface area (Å²) in [6.07, 6.45) is 0. The molecule has 1 aliphatic rings. The molecule has 0 amide bonds. The van der Waals surface area contributed by atoms with E-state index in [4.69, 9.17) is 0 Å². The Balaban J connectivity index is 1.12. The Labute approximate surface area is 344 Å². The molecular weight excluding hydrogens is 717 g/mol. The van der Waals surface area contributed by atoms with Gasteiger partial charge >= 0.3 is 0 Å². The molecule has 0 N–H and O–H groups in total. The molecular formula is C55H38N4. The monoisotopic (exact) mass is 754 g/mol. The van der Waals surface area contributed by atoms with Crippen molar-refractivity contribution in [1.82, 2.24) is 0 Å². The van der Waals surface area contributed by atoms with Gasteiger partial charge in [0.2, 0.25) is 0 Å². The average Bonchev–Trinajstić information content (AvgIpc) is 3.51. The molecule has 0 saturated carbocycles. The van der Waals surface area contributed by atoms with Crippen molar-refractivity contribution in [3.63, 3.8) is 0 Å². The van der Waals surface area contributed by atoms with Crippen molar-refractivity contribution in [2.24, 2.45) is 0 Å². The van der Waals surface area contributed by atoms with Crippen LogP contribution in [0, 0.1) is 22.7 Å². The van der Waals surface area contributed by atoms with E-state index >= 15 is 0 Å². The molecule has 0 unspecified atom stereocenters. The van der Waals surface area contributed by atoms with Crippen molar-refractivity contribution in [2.45, 2.75) is 19.3 Å². The number of fused-ring (bicyclic) bond motifs is 6. The van der Waals surface area contributed by atoms with Gasteiger partial charge in [-0.05, 0) is 153 Å². The lowest BCUT2D eigenvalue weighted by Crippen LogP contribution is -2.17. The van der Waals surface area contributed by atoms with Gasteiger partial charge in [0.25, 0.3) is 0 Å². The molecule has 4 nitrogen and oxygen atoms in total. The van der Waals surface area contributed by atoms with E-state index in [-0.39, 0.29) is 5.41 Å². The number of hydrogen-bond donors (Lipinski definition) is 0. The third kappa shape index (κ3) is 6.07. The molecule has 0 aliphatic heterocycles. The van der Waals surface area contributed by atoms with Crippen molar-refractivity contribution >= 4 is 55.7 Å². The second-order valence-corrected chi connectivity index (χ2v) is 15.7. The highest BCUT2D eigenvalue weighted by Crippen LogP contribution is 2.55. The standard InChI is InChI=1S/C55H38N4/c1-55(2)51-33-42-31-47(58(44-24-17-37(35-56)18-25-44)45-28-21-40(22-29-45)39-11-5-3-6-12-39)30-23-41(42)32-50(51)54-49-16-10-9-15-48(49)53(34-52(54)55)59(43-13-7-4-8-14-43)46-26-19-38(36-57)20-27-46/h3-34H,1-2H3. The molecule has 4 heteroatoms. The van der Waals surface area contributed by atoms with E-state index in [0.29, 0.717) is 11.1 Å². The Morgan fingerprint density at radius 1 is 0.407 bits per heavy atom. The molecule has 9 aromatic carbocycles. The summed E-state index contributed by atoms with van der Waals surface area (Å²) in [5, 5.41) is 23.9. The Morgan fingerprint density at radius 2 is 0.915 bits per heavy atom. The van der Waals surface area contributed by atoms with Crippen LogP contribution in [0.4, 0.5) is 34.1 Å². The zero-order chi connectivity index (χ0) is 40.1. The van der Waals surface area contributed by atoms with E-state index in [2.05, 4.69) is 169 Å². The second-order valence-electron chi connectivity index (χ2n) is 15.7. The Kier molecular flexibility index (Phi) is 8.56. The van der Waals surface area contributed by atoms with Gasteiger partial charge in [0.05, 0.1) is 29.0 Å². The Hall–Kier alpha value is -7.92. The zero-order valence-electron chi connectivity index (χ0n) is 32.8. The van der Waals surface area contributed by atoms with Crippen LogP contribution in [0.25, 0.3) is 43.8 Å². The molecule has 0 radical (unpaired) electrons. The lowest BCUT2D eigenvalue weighted by molar-refractivity contribution is 0.661. The molecule has 59 heavy (non-hydrogen) atoms. The Morgan fingerprint density at radius 3 is 1.54 bits per heavy atom. The number of para-hydroxylation sites is 1. The normalized spacial score (nSPS) is 12.3. The summed E-state index contributed by atoms with van der Waals surface area (Å²) < 4.78 is 0. The van der Waals surface area contributed by atoms with E-state index in [1.54, 1.807) is 0 Å².